The van der Waals surface area contributed by atoms with Crippen molar-refractivity contribution in [2.75, 3.05) is 11.9 Å². The van der Waals surface area contributed by atoms with E-state index < -0.39 is 0 Å². The Hall–Kier alpha value is -1.66. The molecule has 7 heteroatoms. The molecule has 0 unspecified atom stereocenters. The molecule has 0 spiro atoms. The van der Waals surface area contributed by atoms with Gasteiger partial charge in [-0.3, -0.25) is 4.99 Å². The molecule has 2 aromatic rings. The van der Waals surface area contributed by atoms with E-state index in [-0.39, 0.29) is 12.4 Å². The topological polar surface area (TPSA) is 76.2 Å². The number of nitrogens with zero attached hydrogens (tertiary/aromatic N) is 3. The second kappa shape index (κ2) is 8.59. The lowest BCUT2D eigenvalue weighted by molar-refractivity contribution is 0.807. The maximum Gasteiger partial charge on any atom is 0.212 e. The lowest BCUT2D eigenvalue weighted by Crippen LogP contribution is -2.22. The van der Waals surface area contributed by atoms with Crippen molar-refractivity contribution in [2.24, 2.45) is 10.7 Å². The number of benzene rings is 1. The second-order valence-corrected chi connectivity index (χ2v) is 5.45. The number of unbranched alkanes of at least 4 members (excludes halogenated alkanes) is 1. The van der Waals surface area contributed by atoms with Gasteiger partial charge in [-0.2, -0.15) is 0 Å². The van der Waals surface area contributed by atoms with Crippen molar-refractivity contribution in [2.45, 2.75) is 26.7 Å². The summed E-state index contributed by atoms with van der Waals surface area (Å²) in [5.74, 6) is 0.394. The largest absolute Gasteiger partial charge is 0.370 e. The van der Waals surface area contributed by atoms with Crippen LogP contribution < -0.4 is 11.1 Å². The first kappa shape index (κ1) is 17.4. The fourth-order valence-corrected chi connectivity index (χ4v) is 2.54. The number of anilines is 1. The number of hydrogen-bond acceptors (Lipinski definition) is 4. The number of rotatable bonds is 5. The standard InChI is InChI=1S/C14H19N5S.ClH/c1-3-4-9-16-13(15)17-14-19-18-12(20-14)11-8-6-5-7-10(11)2;/h5-8H,3-4,9H2,1-2H3,(H3,15,16,17,19);1H. The van der Waals surface area contributed by atoms with Crippen LogP contribution in [0.15, 0.2) is 29.3 Å². The maximum atomic E-state index is 5.80. The first-order valence-electron chi connectivity index (χ1n) is 6.67. The highest BCUT2D eigenvalue weighted by Crippen LogP contribution is 2.28. The minimum absolute atomic E-state index is 0. The van der Waals surface area contributed by atoms with Crippen molar-refractivity contribution in [3.8, 4) is 10.6 Å². The number of aryl methyl sites for hydroxylation is 1. The minimum Gasteiger partial charge on any atom is -0.370 e. The Kier molecular flexibility index (Phi) is 7.11. The normalized spacial score (nSPS) is 11.0. The summed E-state index contributed by atoms with van der Waals surface area (Å²) in [5, 5.41) is 12.8. The molecule has 0 aliphatic carbocycles. The predicted octanol–water partition coefficient (Wildman–Crippen LogP) is 3.46. The molecule has 5 nitrogen and oxygen atoms in total. The average molecular weight is 326 g/mol. The van der Waals surface area contributed by atoms with Crippen LogP contribution in [0.1, 0.15) is 25.3 Å². The van der Waals surface area contributed by atoms with Crippen molar-refractivity contribution in [3.05, 3.63) is 29.8 Å². The Labute approximate surface area is 135 Å². The molecule has 0 atom stereocenters. The Balaban J connectivity index is 0.00000220. The van der Waals surface area contributed by atoms with E-state index in [0.717, 1.165) is 30.0 Å². The van der Waals surface area contributed by atoms with Gasteiger partial charge in [-0.05, 0) is 18.9 Å². The van der Waals surface area contributed by atoms with Crippen LogP contribution in [0.4, 0.5) is 5.13 Å². The second-order valence-electron chi connectivity index (χ2n) is 4.47. The summed E-state index contributed by atoms with van der Waals surface area (Å²) in [7, 11) is 0. The number of nitrogens with one attached hydrogen (secondary N) is 1. The molecule has 2 rings (SSSR count). The Morgan fingerprint density at radius 1 is 1.33 bits per heavy atom. The van der Waals surface area contributed by atoms with Crippen LogP contribution in [0.3, 0.4) is 0 Å². The van der Waals surface area contributed by atoms with Crippen molar-refractivity contribution >= 4 is 34.8 Å². The molecular formula is C14H20ClN5S. The van der Waals surface area contributed by atoms with Gasteiger partial charge in [-0.15, -0.1) is 22.6 Å². The highest BCUT2D eigenvalue weighted by molar-refractivity contribution is 7.18. The van der Waals surface area contributed by atoms with Gasteiger partial charge in [0.1, 0.15) is 5.01 Å². The number of nitrogens with two attached hydrogens (primary N) is 1. The van der Waals surface area contributed by atoms with Crippen LogP contribution in [-0.4, -0.2) is 22.7 Å². The summed E-state index contributed by atoms with van der Waals surface area (Å²) in [6, 6.07) is 8.11. The molecule has 0 aliphatic rings. The first-order valence-corrected chi connectivity index (χ1v) is 7.48. The molecule has 1 heterocycles. The minimum atomic E-state index is 0. The van der Waals surface area contributed by atoms with E-state index in [1.165, 1.54) is 16.9 Å². The quantitative estimate of drug-likeness (QED) is 0.501. The maximum absolute atomic E-state index is 5.80. The van der Waals surface area contributed by atoms with E-state index in [1.54, 1.807) is 0 Å². The zero-order valence-electron chi connectivity index (χ0n) is 12.2. The van der Waals surface area contributed by atoms with Gasteiger partial charge in [0.25, 0.3) is 0 Å². The summed E-state index contributed by atoms with van der Waals surface area (Å²) < 4.78 is 0. The van der Waals surface area contributed by atoms with Crippen LogP contribution in [0.25, 0.3) is 10.6 Å². The van der Waals surface area contributed by atoms with Gasteiger partial charge in [-0.1, -0.05) is 48.9 Å². The Bertz CT molecular complexity index is 597. The molecule has 0 saturated carbocycles. The summed E-state index contributed by atoms with van der Waals surface area (Å²) in [6.45, 7) is 4.92. The third-order valence-corrected chi connectivity index (χ3v) is 3.70. The Morgan fingerprint density at radius 3 is 2.81 bits per heavy atom. The number of guanidine groups is 1. The molecule has 0 saturated heterocycles. The molecule has 0 aliphatic heterocycles. The zero-order valence-corrected chi connectivity index (χ0v) is 13.8. The van der Waals surface area contributed by atoms with Gasteiger partial charge < -0.3 is 11.1 Å². The molecule has 3 N–H and O–H groups in total. The van der Waals surface area contributed by atoms with Crippen molar-refractivity contribution in [1.82, 2.24) is 10.2 Å². The lowest BCUT2D eigenvalue weighted by Gasteiger charge is -2.00. The van der Waals surface area contributed by atoms with Crippen molar-refractivity contribution < 1.29 is 0 Å². The highest BCUT2D eigenvalue weighted by atomic mass is 35.5. The number of hydrogen-bond donors (Lipinski definition) is 2. The third kappa shape index (κ3) is 4.99. The van der Waals surface area contributed by atoms with Gasteiger partial charge in [-0.25, -0.2) is 0 Å². The molecule has 0 bridgehead atoms. The zero-order chi connectivity index (χ0) is 14.4. The molecule has 0 fully saturated rings. The van der Waals surface area contributed by atoms with E-state index >= 15 is 0 Å². The SMILES string of the molecule is CCCCN=C(N)Nc1nnc(-c2ccccc2C)s1.Cl. The summed E-state index contributed by atoms with van der Waals surface area (Å²) in [4.78, 5) is 4.23. The molecule has 1 aromatic carbocycles. The van der Waals surface area contributed by atoms with Gasteiger partial charge in [0.05, 0.1) is 0 Å². The molecular weight excluding hydrogens is 306 g/mol. The summed E-state index contributed by atoms with van der Waals surface area (Å²) >= 11 is 1.47. The number of halogens is 1. The van der Waals surface area contributed by atoms with Crippen molar-refractivity contribution in [1.29, 1.82) is 0 Å². The fraction of sp³-hybridized carbons (Fsp3) is 0.357. The monoisotopic (exact) mass is 325 g/mol. The predicted molar refractivity (Wildman–Crippen MR) is 92.4 cm³/mol. The van der Waals surface area contributed by atoms with Gasteiger partial charge in [0, 0.05) is 12.1 Å². The molecule has 21 heavy (non-hydrogen) atoms. The molecule has 0 radical (unpaired) electrons. The summed E-state index contributed by atoms with van der Waals surface area (Å²) in [6.07, 6.45) is 2.14. The molecule has 1 aromatic heterocycles. The van der Waals surface area contributed by atoms with Gasteiger partial charge in [0.15, 0.2) is 5.96 Å². The number of aliphatic imine (C=N–C) groups is 1. The molecule has 0 amide bonds. The Morgan fingerprint density at radius 2 is 2.10 bits per heavy atom. The van der Waals surface area contributed by atoms with Crippen LogP contribution in [0.2, 0.25) is 0 Å². The van der Waals surface area contributed by atoms with Gasteiger partial charge in [0.2, 0.25) is 5.13 Å². The van der Waals surface area contributed by atoms with Gasteiger partial charge >= 0.3 is 0 Å². The third-order valence-electron chi connectivity index (χ3n) is 2.83. The van der Waals surface area contributed by atoms with Crippen molar-refractivity contribution in [3.63, 3.8) is 0 Å². The smallest absolute Gasteiger partial charge is 0.212 e. The number of aromatic nitrogens is 2. The van der Waals surface area contributed by atoms with E-state index in [2.05, 4.69) is 40.4 Å². The van der Waals surface area contributed by atoms with Crippen LogP contribution in [0.5, 0.6) is 0 Å². The molecule has 114 valence electrons. The van der Waals surface area contributed by atoms with E-state index in [4.69, 9.17) is 5.73 Å². The highest BCUT2D eigenvalue weighted by Gasteiger charge is 2.08. The fourth-order valence-electron chi connectivity index (χ4n) is 1.70. The van der Waals surface area contributed by atoms with Crippen LogP contribution in [0, 0.1) is 6.92 Å². The van der Waals surface area contributed by atoms with E-state index in [9.17, 15) is 0 Å². The van der Waals surface area contributed by atoms with E-state index in [1.807, 2.05) is 18.2 Å². The lowest BCUT2D eigenvalue weighted by atomic mass is 10.1. The van der Waals surface area contributed by atoms with E-state index in [0.29, 0.717) is 11.1 Å². The summed E-state index contributed by atoms with van der Waals surface area (Å²) in [5.41, 5.74) is 8.08. The van der Waals surface area contributed by atoms with Crippen LogP contribution in [-0.2, 0) is 0 Å². The van der Waals surface area contributed by atoms with Crippen LogP contribution >= 0.6 is 23.7 Å². The average Bonchev–Trinajstić information content (AvgIpc) is 2.88. The first-order chi connectivity index (χ1) is 9.70.